The Hall–Kier alpha value is -1.14. The van der Waals surface area contributed by atoms with Gasteiger partial charge in [0.2, 0.25) is 0 Å². The highest BCUT2D eigenvalue weighted by Gasteiger charge is 2.14. The molecule has 0 saturated heterocycles. The summed E-state index contributed by atoms with van der Waals surface area (Å²) in [5.74, 6) is -1.48. The van der Waals surface area contributed by atoms with Crippen molar-refractivity contribution >= 4 is 11.9 Å². The van der Waals surface area contributed by atoms with Crippen LogP contribution >= 0.6 is 0 Å². The van der Waals surface area contributed by atoms with Gasteiger partial charge in [0, 0.05) is 13.2 Å². The Bertz CT molecular complexity index is 728. The average Bonchev–Trinajstić information content (AvgIpc) is 3.15. The summed E-state index contributed by atoms with van der Waals surface area (Å²) < 4.78 is 17.3. The Balaban J connectivity index is 3.78. The lowest BCUT2D eigenvalue weighted by atomic mass is 10.0. The van der Waals surface area contributed by atoms with Crippen LogP contribution in [0.2, 0.25) is 0 Å². The van der Waals surface area contributed by atoms with Gasteiger partial charge in [-0.3, -0.25) is 9.59 Å². The van der Waals surface area contributed by atoms with Gasteiger partial charge in [-0.25, -0.2) is 0 Å². The van der Waals surface area contributed by atoms with Gasteiger partial charge in [-0.1, -0.05) is 232 Å². The molecule has 0 radical (unpaired) electrons. The largest absolute Gasteiger partial charge is 0.481 e. The molecule has 0 aliphatic rings. The predicted molar refractivity (Wildman–Crippen MR) is 226 cm³/mol. The normalized spacial score (nSPS) is 12.0. The first-order chi connectivity index (χ1) is 26.1. The maximum absolute atomic E-state index is 12.0. The molecule has 1 N–H and O–H groups in total. The van der Waals surface area contributed by atoms with Crippen LogP contribution in [0.4, 0.5) is 0 Å². The molecule has 0 bridgehead atoms. The second-order valence-corrected chi connectivity index (χ2v) is 16.2. The number of unbranched alkanes of at least 4 members (excludes halogenated alkanes) is 34. The minimum Gasteiger partial charge on any atom is -0.481 e. The van der Waals surface area contributed by atoms with E-state index in [1.165, 1.54) is 212 Å². The number of carbonyl (C=O) groups excluding carboxylic acids is 1. The minimum absolute atomic E-state index is 0.110. The minimum atomic E-state index is -0.989. The lowest BCUT2D eigenvalue weighted by Crippen LogP contribution is -2.28. The second-order valence-electron chi connectivity index (χ2n) is 16.2. The monoisotopic (exact) mass is 753 g/mol. The molecule has 0 saturated carbocycles. The predicted octanol–water partition coefficient (Wildman–Crippen LogP) is 14.9. The Kier molecular flexibility index (Phi) is 44.3. The van der Waals surface area contributed by atoms with Crippen molar-refractivity contribution in [3.05, 3.63) is 0 Å². The highest BCUT2D eigenvalue weighted by Crippen LogP contribution is 2.16. The summed E-state index contributed by atoms with van der Waals surface area (Å²) in [6.45, 7) is 6.44. The summed E-state index contributed by atoms with van der Waals surface area (Å²) in [6.07, 6.45) is 48.3. The Morgan fingerprint density at radius 2 is 0.698 bits per heavy atom. The van der Waals surface area contributed by atoms with E-state index in [9.17, 15) is 9.59 Å². The van der Waals surface area contributed by atoms with E-state index in [-0.39, 0.29) is 25.6 Å². The molecule has 0 aliphatic heterocycles. The smallest absolute Gasteiger partial charge is 0.306 e. The van der Waals surface area contributed by atoms with E-state index in [1.54, 1.807) is 0 Å². The van der Waals surface area contributed by atoms with Crippen molar-refractivity contribution in [2.24, 2.45) is 0 Å². The van der Waals surface area contributed by atoms with Crippen molar-refractivity contribution in [2.45, 2.75) is 264 Å². The van der Waals surface area contributed by atoms with Crippen LogP contribution in [-0.4, -0.2) is 49.6 Å². The molecule has 0 aromatic rings. The molecule has 316 valence electrons. The Labute approximate surface area is 330 Å². The van der Waals surface area contributed by atoms with Gasteiger partial charge in [0.1, 0.15) is 12.7 Å². The number of esters is 1. The third-order valence-corrected chi connectivity index (χ3v) is 10.8. The molecule has 0 amide bonds. The van der Waals surface area contributed by atoms with Gasteiger partial charge in [-0.2, -0.15) is 0 Å². The maximum Gasteiger partial charge on any atom is 0.306 e. The highest BCUT2D eigenvalue weighted by atomic mass is 16.6. The van der Waals surface area contributed by atoms with Gasteiger partial charge in [0.25, 0.3) is 0 Å². The van der Waals surface area contributed by atoms with Gasteiger partial charge in [-0.05, 0) is 12.8 Å². The average molecular weight is 753 g/mol. The molecule has 0 spiro atoms. The number of hydrogen-bond acceptors (Lipinski definition) is 5. The molecule has 0 unspecified atom stereocenters. The van der Waals surface area contributed by atoms with E-state index in [4.69, 9.17) is 19.3 Å². The fourth-order valence-corrected chi connectivity index (χ4v) is 7.19. The summed E-state index contributed by atoms with van der Waals surface area (Å²) in [5, 5.41) is 8.84. The molecule has 0 heterocycles. The van der Waals surface area contributed by atoms with Crippen LogP contribution < -0.4 is 0 Å². The van der Waals surface area contributed by atoms with Gasteiger partial charge in [-0.15, -0.1) is 0 Å². The van der Waals surface area contributed by atoms with Crippen molar-refractivity contribution in [3.63, 3.8) is 0 Å². The van der Waals surface area contributed by atoms with E-state index in [2.05, 4.69) is 13.8 Å². The fraction of sp³-hybridized carbons (Fsp3) is 0.957. The first-order valence-corrected chi connectivity index (χ1v) is 23.7. The van der Waals surface area contributed by atoms with E-state index in [0.29, 0.717) is 19.8 Å². The first-order valence-electron chi connectivity index (χ1n) is 23.7. The van der Waals surface area contributed by atoms with Crippen LogP contribution in [0.3, 0.4) is 0 Å². The van der Waals surface area contributed by atoms with E-state index >= 15 is 0 Å². The van der Waals surface area contributed by atoms with Crippen LogP contribution in [0.1, 0.15) is 258 Å². The number of hydrogen-bond donors (Lipinski definition) is 1. The van der Waals surface area contributed by atoms with Crippen molar-refractivity contribution < 1.29 is 28.9 Å². The number of carboxylic acids is 1. The lowest BCUT2D eigenvalue weighted by Gasteiger charge is -2.18. The van der Waals surface area contributed by atoms with Crippen molar-refractivity contribution in [3.8, 4) is 0 Å². The third kappa shape index (κ3) is 45.1. The second kappa shape index (κ2) is 45.3. The summed E-state index contributed by atoms with van der Waals surface area (Å²) in [7, 11) is 0. The molecule has 0 aromatic carbocycles. The molecule has 0 fully saturated rings. The molecule has 0 rings (SSSR count). The molecular formula is C47H92O6. The Morgan fingerprint density at radius 3 is 1.02 bits per heavy atom. The number of ether oxygens (including phenoxy) is 3. The van der Waals surface area contributed by atoms with Gasteiger partial charge < -0.3 is 19.3 Å². The molecule has 1 atom stereocenters. The van der Waals surface area contributed by atoms with E-state index in [0.717, 1.165) is 19.3 Å². The molecule has 0 aliphatic carbocycles. The molecular weight excluding hydrogens is 661 g/mol. The molecule has 6 heteroatoms. The number of rotatable bonds is 46. The highest BCUT2D eigenvalue weighted by molar-refractivity contribution is 5.76. The summed E-state index contributed by atoms with van der Waals surface area (Å²) in [5.41, 5.74) is 0. The molecule has 53 heavy (non-hydrogen) atoms. The molecule has 6 nitrogen and oxygen atoms in total. The fourth-order valence-electron chi connectivity index (χ4n) is 7.19. The topological polar surface area (TPSA) is 82.1 Å². The van der Waals surface area contributed by atoms with Crippen molar-refractivity contribution in [2.75, 3.05) is 26.4 Å². The van der Waals surface area contributed by atoms with Crippen molar-refractivity contribution in [1.82, 2.24) is 0 Å². The summed E-state index contributed by atoms with van der Waals surface area (Å²) in [6, 6.07) is 0. The number of carboxylic acid groups (broad SMARTS) is 1. The van der Waals surface area contributed by atoms with Gasteiger partial charge in [0.05, 0.1) is 19.4 Å². The zero-order valence-corrected chi connectivity index (χ0v) is 35.8. The standard InChI is InChI=1S/C47H92O6/c1-3-5-7-9-11-13-15-17-19-21-23-25-27-29-31-33-35-37-41-51-43-45(44-53-47(50)40-39-46(48)49)52-42-38-36-34-32-30-28-26-24-22-20-18-16-14-12-10-8-6-4-2/h45H,3-44H2,1-2H3,(H,48,49)/t45-/m0/s1. The van der Waals surface area contributed by atoms with Crippen LogP contribution in [0, 0.1) is 0 Å². The quantitative estimate of drug-likeness (QED) is 0.0492. The summed E-state index contributed by atoms with van der Waals surface area (Å²) >= 11 is 0. The number of carbonyl (C=O) groups is 2. The lowest BCUT2D eigenvalue weighted by molar-refractivity contribution is -0.152. The third-order valence-electron chi connectivity index (χ3n) is 10.8. The van der Waals surface area contributed by atoms with E-state index < -0.39 is 11.9 Å². The Morgan fingerprint density at radius 1 is 0.396 bits per heavy atom. The van der Waals surface area contributed by atoms with Crippen LogP contribution in [-0.2, 0) is 23.8 Å². The molecule has 0 aromatic heterocycles. The zero-order chi connectivity index (χ0) is 38.6. The van der Waals surface area contributed by atoms with Crippen molar-refractivity contribution in [1.29, 1.82) is 0 Å². The first kappa shape index (κ1) is 51.9. The van der Waals surface area contributed by atoms with Gasteiger partial charge >= 0.3 is 11.9 Å². The number of aliphatic carboxylic acids is 1. The maximum atomic E-state index is 12.0. The van der Waals surface area contributed by atoms with Crippen LogP contribution in [0.15, 0.2) is 0 Å². The van der Waals surface area contributed by atoms with Crippen LogP contribution in [0.25, 0.3) is 0 Å². The van der Waals surface area contributed by atoms with Gasteiger partial charge in [0.15, 0.2) is 0 Å². The van der Waals surface area contributed by atoms with E-state index in [1.807, 2.05) is 0 Å². The zero-order valence-electron chi connectivity index (χ0n) is 35.8. The SMILES string of the molecule is CCCCCCCCCCCCCCCCCCCCOC[C@@H](COC(=O)CCC(=O)O)OCCCCCCCCCCCCCCCCCCCC. The van der Waals surface area contributed by atoms with Crippen LogP contribution in [0.5, 0.6) is 0 Å². The summed E-state index contributed by atoms with van der Waals surface area (Å²) in [4.78, 5) is 22.8.